The topological polar surface area (TPSA) is 29.5 Å². The van der Waals surface area contributed by atoms with E-state index in [4.69, 9.17) is 9.84 Å². The van der Waals surface area contributed by atoms with E-state index in [2.05, 4.69) is 6.92 Å². The summed E-state index contributed by atoms with van der Waals surface area (Å²) in [6, 6.07) is 0. The first-order chi connectivity index (χ1) is 5.33. The predicted molar refractivity (Wildman–Crippen MR) is 44.3 cm³/mol. The molecule has 0 aromatic rings. The first kappa shape index (κ1) is 9.01. The third-order valence-corrected chi connectivity index (χ3v) is 2.21. The lowest BCUT2D eigenvalue weighted by atomic mass is 10.0. The Bertz CT molecular complexity index is 104. The normalized spacial score (nSPS) is 32.2. The van der Waals surface area contributed by atoms with Gasteiger partial charge in [0.2, 0.25) is 0 Å². The highest BCUT2D eigenvalue weighted by Crippen LogP contribution is 2.20. The van der Waals surface area contributed by atoms with E-state index in [0.717, 1.165) is 25.7 Å². The van der Waals surface area contributed by atoms with Crippen molar-refractivity contribution in [1.29, 1.82) is 0 Å². The molecule has 0 spiro atoms. The number of unbranched alkanes of at least 4 members (excludes halogenated alkanes) is 1. The predicted octanol–water partition coefficient (Wildman–Crippen LogP) is 2.06. The van der Waals surface area contributed by atoms with E-state index in [1.165, 1.54) is 12.8 Å². The van der Waals surface area contributed by atoms with Crippen molar-refractivity contribution in [2.45, 2.75) is 57.8 Å². The molecule has 0 saturated carbocycles. The van der Waals surface area contributed by atoms with Crippen LogP contribution in [-0.4, -0.2) is 17.5 Å². The van der Waals surface area contributed by atoms with Crippen molar-refractivity contribution < 1.29 is 9.84 Å². The van der Waals surface area contributed by atoms with Gasteiger partial charge in [0.05, 0.1) is 6.10 Å². The van der Waals surface area contributed by atoms with Crippen LogP contribution >= 0.6 is 0 Å². The zero-order chi connectivity index (χ0) is 8.10. The lowest BCUT2D eigenvalue weighted by molar-refractivity contribution is -0.164. The first-order valence-corrected chi connectivity index (χ1v) is 4.66. The molecule has 1 aliphatic heterocycles. The largest absolute Gasteiger partial charge is 0.368 e. The van der Waals surface area contributed by atoms with E-state index in [-0.39, 0.29) is 0 Å². The van der Waals surface area contributed by atoms with Gasteiger partial charge in [-0.15, -0.1) is 0 Å². The van der Waals surface area contributed by atoms with Crippen LogP contribution in [0.2, 0.25) is 0 Å². The van der Waals surface area contributed by atoms with Gasteiger partial charge in [0.15, 0.2) is 6.29 Å². The maximum Gasteiger partial charge on any atom is 0.154 e. The van der Waals surface area contributed by atoms with Crippen LogP contribution in [0.1, 0.15) is 45.4 Å². The first-order valence-electron chi connectivity index (χ1n) is 4.66. The van der Waals surface area contributed by atoms with E-state index in [9.17, 15) is 0 Å². The lowest BCUT2D eigenvalue weighted by Crippen LogP contribution is -2.26. The lowest BCUT2D eigenvalue weighted by Gasteiger charge is -2.26. The van der Waals surface area contributed by atoms with Crippen molar-refractivity contribution in [3.63, 3.8) is 0 Å². The molecule has 0 radical (unpaired) electrons. The highest BCUT2D eigenvalue weighted by atomic mass is 16.6. The summed E-state index contributed by atoms with van der Waals surface area (Å²) in [6.45, 7) is 2.18. The molecule has 2 nitrogen and oxygen atoms in total. The summed E-state index contributed by atoms with van der Waals surface area (Å²) in [4.78, 5) is 0. The Labute approximate surface area is 68.6 Å². The van der Waals surface area contributed by atoms with Crippen molar-refractivity contribution >= 4 is 0 Å². The van der Waals surface area contributed by atoms with Crippen LogP contribution in [0.25, 0.3) is 0 Å². The number of aliphatic hydroxyl groups excluding tert-OH is 1. The van der Waals surface area contributed by atoms with E-state index in [0.29, 0.717) is 6.10 Å². The molecule has 0 amide bonds. The van der Waals surface area contributed by atoms with Crippen LogP contribution in [0.15, 0.2) is 0 Å². The molecule has 1 saturated heterocycles. The van der Waals surface area contributed by atoms with Gasteiger partial charge >= 0.3 is 0 Å². The molecule has 1 aliphatic rings. The highest BCUT2D eigenvalue weighted by molar-refractivity contribution is 4.64. The molecular formula is C9H18O2. The van der Waals surface area contributed by atoms with Gasteiger partial charge in [-0.2, -0.15) is 0 Å². The standard InChI is InChI=1S/C9H18O2/c1-2-3-5-8-6-4-7-9(10)11-8/h8-10H,2-7H2,1H3/t8-,9+/m1/s1. The number of hydrogen-bond acceptors (Lipinski definition) is 2. The summed E-state index contributed by atoms with van der Waals surface area (Å²) < 4.78 is 5.34. The van der Waals surface area contributed by atoms with Gasteiger partial charge in [0.1, 0.15) is 0 Å². The van der Waals surface area contributed by atoms with E-state index in [1.807, 2.05) is 0 Å². The quantitative estimate of drug-likeness (QED) is 0.681. The Kier molecular flexibility index (Phi) is 3.87. The number of aliphatic hydroxyl groups is 1. The summed E-state index contributed by atoms with van der Waals surface area (Å²) >= 11 is 0. The Morgan fingerprint density at radius 1 is 1.45 bits per heavy atom. The van der Waals surface area contributed by atoms with Gasteiger partial charge in [-0.05, 0) is 25.7 Å². The van der Waals surface area contributed by atoms with Gasteiger partial charge < -0.3 is 9.84 Å². The maximum absolute atomic E-state index is 9.16. The van der Waals surface area contributed by atoms with E-state index in [1.54, 1.807) is 0 Å². The zero-order valence-electron chi connectivity index (χ0n) is 7.25. The molecule has 1 fully saturated rings. The van der Waals surface area contributed by atoms with Crippen LogP contribution < -0.4 is 0 Å². The minimum Gasteiger partial charge on any atom is -0.368 e. The average Bonchev–Trinajstić information content (AvgIpc) is 2.01. The molecule has 0 aliphatic carbocycles. The van der Waals surface area contributed by atoms with Gasteiger partial charge in [-0.1, -0.05) is 19.8 Å². The van der Waals surface area contributed by atoms with Crippen molar-refractivity contribution in [3.05, 3.63) is 0 Å². The van der Waals surface area contributed by atoms with Gasteiger partial charge in [0.25, 0.3) is 0 Å². The molecule has 0 aromatic carbocycles. The monoisotopic (exact) mass is 158 g/mol. The third-order valence-electron chi connectivity index (χ3n) is 2.21. The SMILES string of the molecule is CCCC[C@@H]1CCC[C@@H](O)O1. The Balaban J connectivity index is 2.12. The second-order valence-electron chi connectivity index (χ2n) is 3.29. The van der Waals surface area contributed by atoms with Crippen LogP contribution in [-0.2, 0) is 4.74 Å². The summed E-state index contributed by atoms with van der Waals surface area (Å²) in [5.74, 6) is 0. The molecule has 0 aromatic heterocycles. The zero-order valence-corrected chi connectivity index (χ0v) is 7.25. The van der Waals surface area contributed by atoms with Crippen LogP contribution in [0.3, 0.4) is 0 Å². The van der Waals surface area contributed by atoms with Crippen LogP contribution in [0.4, 0.5) is 0 Å². The summed E-state index contributed by atoms with van der Waals surface area (Å²) in [7, 11) is 0. The van der Waals surface area contributed by atoms with Crippen molar-refractivity contribution in [2.24, 2.45) is 0 Å². The van der Waals surface area contributed by atoms with E-state index >= 15 is 0 Å². The van der Waals surface area contributed by atoms with Crippen molar-refractivity contribution in [3.8, 4) is 0 Å². The van der Waals surface area contributed by atoms with Gasteiger partial charge in [-0.25, -0.2) is 0 Å². The van der Waals surface area contributed by atoms with Gasteiger partial charge in [0, 0.05) is 0 Å². The molecule has 11 heavy (non-hydrogen) atoms. The molecular weight excluding hydrogens is 140 g/mol. The second-order valence-corrected chi connectivity index (χ2v) is 3.29. The summed E-state index contributed by atoms with van der Waals surface area (Å²) in [6.07, 6.45) is 6.49. The fourth-order valence-corrected chi connectivity index (χ4v) is 1.52. The summed E-state index contributed by atoms with van der Waals surface area (Å²) in [5.41, 5.74) is 0. The minimum absolute atomic E-state index is 0.332. The van der Waals surface area contributed by atoms with E-state index < -0.39 is 6.29 Å². The maximum atomic E-state index is 9.16. The molecule has 0 unspecified atom stereocenters. The average molecular weight is 158 g/mol. The van der Waals surface area contributed by atoms with Crippen molar-refractivity contribution in [2.75, 3.05) is 0 Å². The molecule has 66 valence electrons. The fourth-order valence-electron chi connectivity index (χ4n) is 1.52. The van der Waals surface area contributed by atoms with Crippen LogP contribution in [0, 0.1) is 0 Å². The van der Waals surface area contributed by atoms with Crippen LogP contribution in [0.5, 0.6) is 0 Å². The number of hydrogen-bond donors (Lipinski definition) is 1. The molecule has 2 heteroatoms. The Hall–Kier alpha value is -0.0800. The molecule has 1 heterocycles. The third kappa shape index (κ3) is 3.21. The van der Waals surface area contributed by atoms with Gasteiger partial charge in [-0.3, -0.25) is 0 Å². The number of ether oxygens (including phenoxy) is 1. The Morgan fingerprint density at radius 3 is 2.91 bits per heavy atom. The number of rotatable bonds is 3. The smallest absolute Gasteiger partial charge is 0.154 e. The highest BCUT2D eigenvalue weighted by Gasteiger charge is 2.19. The second kappa shape index (κ2) is 4.73. The molecule has 0 bridgehead atoms. The summed E-state index contributed by atoms with van der Waals surface area (Å²) in [5, 5.41) is 9.16. The fraction of sp³-hybridized carbons (Fsp3) is 1.00. The molecule has 1 N–H and O–H groups in total. The Morgan fingerprint density at radius 2 is 2.27 bits per heavy atom. The molecule has 1 rings (SSSR count). The van der Waals surface area contributed by atoms with Crippen molar-refractivity contribution in [1.82, 2.24) is 0 Å². The minimum atomic E-state index is -0.481. The molecule has 2 atom stereocenters.